The van der Waals surface area contributed by atoms with E-state index in [0.717, 1.165) is 34.6 Å². The molecule has 12 heteroatoms. The third-order valence-electron chi connectivity index (χ3n) is 0. The number of carbonyl (C=O) groups excluding carboxylic acids is 5. The van der Waals surface area contributed by atoms with Gasteiger partial charge in [-0.1, -0.05) is 0 Å². The van der Waals surface area contributed by atoms with E-state index in [1.165, 1.54) is 0 Å². The SMILES string of the molecule is CC(=O)[O-].CC(=O)[O-].CC(=O)[O-].CC(=O)[O-].CC(=O)[O-].[Pt+2].[Rh+3]. The first-order chi connectivity index (χ1) is 8.66. The molecule has 22 heavy (non-hydrogen) atoms. The van der Waals surface area contributed by atoms with Crippen molar-refractivity contribution in [1.82, 2.24) is 0 Å². The van der Waals surface area contributed by atoms with Gasteiger partial charge in [0.15, 0.2) is 0 Å². The molecule has 0 unspecified atom stereocenters. The number of hydrogen-bond donors (Lipinski definition) is 0. The Morgan fingerprint density at radius 3 is 0.455 bits per heavy atom. The maximum Gasteiger partial charge on any atom is 3.00 e. The van der Waals surface area contributed by atoms with Gasteiger partial charge in [-0.3, -0.25) is 0 Å². The number of carbonyl (C=O) groups is 5. The first-order valence-corrected chi connectivity index (χ1v) is 4.54. The molecule has 10 nitrogen and oxygen atoms in total. The smallest absolute Gasteiger partial charge is 0.550 e. The molecule has 0 saturated carbocycles. The van der Waals surface area contributed by atoms with Crippen molar-refractivity contribution < 1.29 is 90.0 Å². The molecular weight excluding hydrogens is 578 g/mol. The molecule has 0 aromatic rings. The van der Waals surface area contributed by atoms with Gasteiger partial charge in [0, 0.05) is 29.8 Å². The number of carboxylic acids is 5. The van der Waals surface area contributed by atoms with Crippen molar-refractivity contribution >= 4 is 29.8 Å². The summed E-state index contributed by atoms with van der Waals surface area (Å²) in [7, 11) is 0. The fourth-order valence-electron chi connectivity index (χ4n) is 0. The summed E-state index contributed by atoms with van der Waals surface area (Å²) < 4.78 is 0. The van der Waals surface area contributed by atoms with Gasteiger partial charge < -0.3 is 49.5 Å². The normalized spacial score (nSPS) is 5.68. The molecular formula is C10H15O10PtRh. The Morgan fingerprint density at radius 1 is 0.455 bits per heavy atom. The van der Waals surface area contributed by atoms with Gasteiger partial charge in [-0.25, -0.2) is 0 Å². The Hall–Kier alpha value is -1.34. The maximum atomic E-state index is 8.89. The summed E-state index contributed by atoms with van der Waals surface area (Å²) in [5.74, 6) is -5.42. The Kier molecular flexibility index (Phi) is 71.4. The van der Waals surface area contributed by atoms with Gasteiger partial charge in [0.05, 0.1) is 0 Å². The van der Waals surface area contributed by atoms with Crippen LogP contribution in [0.1, 0.15) is 34.6 Å². The summed E-state index contributed by atoms with van der Waals surface area (Å²) in [6, 6.07) is 0. The van der Waals surface area contributed by atoms with Gasteiger partial charge in [0.1, 0.15) is 0 Å². The van der Waals surface area contributed by atoms with Crippen LogP contribution in [-0.2, 0) is 64.5 Å². The van der Waals surface area contributed by atoms with E-state index in [4.69, 9.17) is 49.5 Å². The Labute approximate surface area is 154 Å². The molecule has 0 bridgehead atoms. The number of carboxylic acid groups (broad SMARTS) is 5. The van der Waals surface area contributed by atoms with Crippen LogP contribution in [0.3, 0.4) is 0 Å². The molecule has 0 saturated heterocycles. The zero-order valence-electron chi connectivity index (χ0n) is 12.2. The third kappa shape index (κ3) is 3250. The van der Waals surface area contributed by atoms with Gasteiger partial charge in [-0.05, 0) is 34.6 Å². The van der Waals surface area contributed by atoms with Gasteiger partial charge in [-0.15, -0.1) is 0 Å². The van der Waals surface area contributed by atoms with Crippen molar-refractivity contribution in [2.45, 2.75) is 34.6 Å². The van der Waals surface area contributed by atoms with Gasteiger partial charge in [-0.2, -0.15) is 0 Å². The van der Waals surface area contributed by atoms with Crippen LogP contribution in [0.4, 0.5) is 0 Å². The molecule has 0 aromatic heterocycles. The van der Waals surface area contributed by atoms with E-state index in [0.29, 0.717) is 0 Å². The minimum atomic E-state index is -1.08. The zero-order valence-corrected chi connectivity index (χ0v) is 16.1. The van der Waals surface area contributed by atoms with Gasteiger partial charge in [0.2, 0.25) is 0 Å². The molecule has 0 spiro atoms. The summed E-state index contributed by atoms with van der Waals surface area (Å²) in [4.78, 5) is 44.4. The molecule has 0 aliphatic carbocycles. The minimum absolute atomic E-state index is 0. The summed E-state index contributed by atoms with van der Waals surface area (Å²) >= 11 is 0. The third-order valence-corrected chi connectivity index (χ3v) is 0. The summed E-state index contributed by atoms with van der Waals surface area (Å²) in [6.07, 6.45) is 0. The van der Waals surface area contributed by atoms with Gasteiger partial charge in [0.25, 0.3) is 0 Å². The van der Waals surface area contributed by atoms with Crippen molar-refractivity contribution in [1.29, 1.82) is 0 Å². The minimum Gasteiger partial charge on any atom is -0.550 e. The second-order valence-electron chi connectivity index (χ2n) is 2.46. The Bertz CT molecular complexity index is 216. The summed E-state index contributed by atoms with van der Waals surface area (Å²) in [6.45, 7) is 4.86. The number of hydrogen-bond acceptors (Lipinski definition) is 10. The average Bonchev–Trinajstić information content (AvgIpc) is 1.94. The van der Waals surface area contributed by atoms with E-state index < -0.39 is 29.8 Å². The molecule has 134 valence electrons. The van der Waals surface area contributed by atoms with Crippen molar-refractivity contribution in [2.24, 2.45) is 0 Å². The van der Waals surface area contributed by atoms with Crippen molar-refractivity contribution in [2.75, 3.05) is 0 Å². The molecule has 0 atom stereocenters. The van der Waals surface area contributed by atoms with Crippen LogP contribution in [0.25, 0.3) is 0 Å². The predicted octanol–water partition coefficient (Wildman–Crippen LogP) is -6.22. The second kappa shape index (κ2) is 36.7. The van der Waals surface area contributed by atoms with Crippen LogP contribution >= 0.6 is 0 Å². The molecule has 0 aliphatic heterocycles. The van der Waals surface area contributed by atoms with Crippen LogP contribution in [0.15, 0.2) is 0 Å². The quantitative estimate of drug-likeness (QED) is 0.243. The standard InChI is InChI=1S/5C2H4O2.Pt.Rh/c5*1-2(3)4;;/h5*1H3,(H,3,4);;/q;;;;;+2;+3/p-5. The van der Waals surface area contributed by atoms with Crippen molar-refractivity contribution in [3.8, 4) is 0 Å². The van der Waals surface area contributed by atoms with Gasteiger partial charge >= 0.3 is 40.5 Å². The molecule has 0 N–H and O–H groups in total. The molecule has 0 rings (SSSR count). The maximum absolute atomic E-state index is 8.89. The fraction of sp³-hybridized carbons (Fsp3) is 0.500. The monoisotopic (exact) mass is 593 g/mol. The fourth-order valence-corrected chi connectivity index (χ4v) is 0. The molecule has 0 aromatic carbocycles. The number of aliphatic carboxylic acids is 5. The van der Waals surface area contributed by atoms with Crippen LogP contribution in [0.2, 0.25) is 0 Å². The molecule has 0 radical (unpaired) electrons. The zero-order chi connectivity index (χ0) is 17.9. The van der Waals surface area contributed by atoms with Crippen LogP contribution in [-0.4, -0.2) is 29.8 Å². The van der Waals surface area contributed by atoms with Crippen LogP contribution in [0.5, 0.6) is 0 Å². The van der Waals surface area contributed by atoms with E-state index in [9.17, 15) is 0 Å². The van der Waals surface area contributed by atoms with E-state index in [1.54, 1.807) is 0 Å². The topological polar surface area (TPSA) is 201 Å². The van der Waals surface area contributed by atoms with E-state index in [-0.39, 0.29) is 40.5 Å². The first kappa shape index (κ1) is 42.8. The van der Waals surface area contributed by atoms with Crippen LogP contribution in [0, 0.1) is 0 Å². The second-order valence-corrected chi connectivity index (χ2v) is 2.46. The molecule has 0 amide bonds. The number of rotatable bonds is 0. The average molecular weight is 593 g/mol. The Balaban J connectivity index is -0.0000000250. The van der Waals surface area contributed by atoms with E-state index in [1.807, 2.05) is 0 Å². The summed E-state index contributed by atoms with van der Waals surface area (Å²) in [5, 5.41) is 44.4. The van der Waals surface area contributed by atoms with E-state index >= 15 is 0 Å². The first-order valence-electron chi connectivity index (χ1n) is 4.54. The van der Waals surface area contributed by atoms with Crippen molar-refractivity contribution in [3.63, 3.8) is 0 Å². The molecule has 0 aliphatic rings. The van der Waals surface area contributed by atoms with Crippen molar-refractivity contribution in [3.05, 3.63) is 0 Å². The Morgan fingerprint density at radius 2 is 0.455 bits per heavy atom. The van der Waals surface area contributed by atoms with E-state index in [2.05, 4.69) is 0 Å². The molecule has 0 fully saturated rings. The van der Waals surface area contributed by atoms with Crippen LogP contribution < -0.4 is 25.5 Å². The molecule has 0 heterocycles. The summed E-state index contributed by atoms with van der Waals surface area (Å²) in [5.41, 5.74) is 0. The predicted molar refractivity (Wildman–Crippen MR) is 53.4 cm³/mol. The largest absolute Gasteiger partial charge is 3.00 e.